The summed E-state index contributed by atoms with van der Waals surface area (Å²) in [6, 6.07) is 0. The fourth-order valence-corrected chi connectivity index (χ4v) is 2.96. The zero-order valence-electron chi connectivity index (χ0n) is 14.6. The maximum Gasteiger partial charge on any atom is 0.259 e. The SMILES string of the molecule is C=C(C=CC(CC(C)C)=C(C)C)CNS(=O)(=O)c1cn(C)cn1. The van der Waals surface area contributed by atoms with E-state index in [2.05, 4.69) is 44.0 Å². The Morgan fingerprint density at radius 3 is 2.52 bits per heavy atom. The van der Waals surface area contributed by atoms with Crippen molar-refractivity contribution < 1.29 is 8.42 Å². The largest absolute Gasteiger partial charge is 0.339 e. The van der Waals surface area contributed by atoms with Crippen molar-refractivity contribution in [3.8, 4) is 0 Å². The van der Waals surface area contributed by atoms with Gasteiger partial charge < -0.3 is 4.57 Å². The molecule has 1 aromatic rings. The van der Waals surface area contributed by atoms with E-state index in [0.717, 1.165) is 6.42 Å². The van der Waals surface area contributed by atoms with Gasteiger partial charge in [-0.2, -0.15) is 0 Å². The molecule has 0 unspecified atom stereocenters. The summed E-state index contributed by atoms with van der Waals surface area (Å²) in [5.41, 5.74) is 3.22. The van der Waals surface area contributed by atoms with Crippen molar-refractivity contribution in [2.75, 3.05) is 6.54 Å². The Morgan fingerprint density at radius 1 is 1.39 bits per heavy atom. The molecule has 23 heavy (non-hydrogen) atoms. The van der Waals surface area contributed by atoms with Crippen LogP contribution in [0.5, 0.6) is 0 Å². The number of aryl methyl sites for hydroxylation is 1. The standard InChI is InChI=1S/C17H27N3O2S/c1-13(2)9-16(14(3)4)8-7-15(5)10-19-23(21,22)17-11-20(6)12-18-17/h7-8,11-13,19H,5,9-10H2,1-4,6H3. The fourth-order valence-electron chi connectivity index (χ4n) is 1.95. The monoisotopic (exact) mass is 337 g/mol. The number of allylic oxidation sites excluding steroid dienone is 3. The maximum atomic E-state index is 12.1. The Hall–Kier alpha value is -1.66. The summed E-state index contributed by atoms with van der Waals surface area (Å²) in [5, 5.41) is 0.0153. The number of hydrogen-bond acceptors (Lipinski definition) is 3. The van der Waals surface area contributed by atoms with Crippen LogP contribution in [0.3, 0.4) is 0 Å². The Kier molecular flexibility index (Phi) is 6.97. The van der Waals surface area contributed by atoms with Gasteiger partial charge in [0.2, 0.25) is 0 Å². The molecule has 0 atom stereocenters. The van der Waals surface area contributed by atoms with Crippen LogP contribution in [0.25, 0.3) is 0 Å². The lowest BCUT2D eigenvalue weighted by Gasteiger charge is -2.09. The normalized spacial score (nSPS) is 12.1. The van der Waals surface area contributed by atoms with E-state index >= 15 is 0 Å². The number of hydrogen-bond donors (Lipinski definition) is 1. The minimum atomic E-state index is -3.60. The molecule has 6 heteroatoms. The van der Waals surface area contributed by atoms with Crippen molar-refractivity contribution in [3.63, 3.8) is 0 Å². The van der Waals surface area contributed by atoms with Gasteiger partial charge in [0.15, 0.2) is 5.03 Å². The Morgan fingerprint density at radius 2 is 2.04 bits per heavy atom. The van der Waals surface area contributed by atoms with Gasteiger partial charge in [-0.05, 0) is 37.3 Å². The van der Waals surface area contributed by atoms with Crippen molar-refractivity contribution in [1.29, 1.82) is 0 Å². The molecular formula is C17H27N3O2S. The van der Waals surface area contributed by atoms with Gasteiger partial charge in [-0.1, -0.05) is 38.2 Å². The molecule has 0 bridgehead atoms. The van der Waals surface area contributed by atoms with E-state index in [1.54, 1.807) is 11.6 Å². The second-order valence-electron chi connectivity index (χ2n) is 6.32. The number of aromatic nitrogens is 2. The Labute approximate surface area is 139 Å². The molecule has 0 fully saturated rings. The molecule has 0 aliphatic heterocycles. The predicted octanol–water partition coefficient (Wildman–Crippen LogP) is 3.19. The highest BCUT2D eigenvalue weighted by atomic mass is 32.2. The van der Waals surface area contributed by atoms with Crippen LogP contribution in [0.4, 0.5) is 0 Å². The summed E-state index contributed by atoms with van der Waals surface area (Å²) in [7, 11) is -1.87. The molecule has 128 valence electrons. The summed E-state index contributed by atoms with van der Waals surface area (Å²) in [6.07, 6.45) is 7.80. The van der Waals surface area contributed by atoms with Gasteiger partial charge in [0.05, 0.1) is 6.33 Å². The lowest BCUT2D eigenvalue weighted by molar-refractivity contribution is 0.581. The van der Waals surface area contributed by atoms with Gasteiger partial charge in [0, 0.05) is 19.8 Å². The molecule has 1 N–H and O–H groups in total. The third kappa shape index (κ3) is 6.54. The topological polar surface area (TPSA) is 64.0 Å². The van der Waals surface area contributed by atoms with Crippen LogP contribution in [0.15, 0.2) is 53.0 Å². The number of nitrogens with one attached hydrogen (secondary N) is 1. The van der Waals surface area contributed by atoms with Gasteiger partial charge in [-0.15, -0.1) is 0 Å². The maximum absolute atomic E-state index is 12.1. The van der Waals surface area contributed by atoms with Crippen molar-refractivity contribution >= 4 is 10.0 Å². The molecule has 0 amide bonds. The first-order chi connectivity index (χ1) is 10.6. The molecule has 1 rings (SSSR count). The zero-order chi connectivity index (χ0) is 17.6. The zero-order valence-corrected chi connectivity index (χ0v) is 15.4. The van der Waals surface area contributed by atoms with Crippen LogP contribution >= 0.6 is 0 Å². The Balaban J connectivity index is 2.67. The molecule has 0 aliphatic carbocycles. The van der Waals surface area contributed by atoms with E-state index in [1.165, 1.54) is 23.7 Å². The smallest absolute Gasteiger partial charge is 0.259 e. The first-order valence-electron chi connectivity index (χ1n) is 7.61. The van der Waals surface area contributed by atoms with Gasteiger partial charge in [0.1, 0.15) is 0 Å². The number of imidazole rings is 1. The molecule has 5 nitrogen and oxygen atoms in total. The summed E-state index contributed by atoms with van der Waals surface area (Å²) in [4.78, 5) is 3.85. The van der Waals surface area contributed by atoms with Crippen molar-refractivity contribution in [2.24, 2.45) is 13.0 Å². The highest BCUT2D eigenvalue weighted by Crippen LogP contribution is 2.17. The van der Waals surface area contributed by atoms with Crippen LogP contribution in [0.1, 0.15) is 34.1 Å². The highest BCUT2D eigenvalue weighted by molar-refractivity contribution is 7.89. The van der Waals surface area contributed by atoms with Crippen LogP contribution < -0.4 is 4.72 Å². The average molecular weight is 337 g/mol. The average Bonchev–Trinajstić information content (AvgIpc) is 2.88. The summed E-state index contributed by atoms with van der Waals surface area (Å²) in [5.74, 6) is 0.570. The lowest BCUT2D eigenvalue weighted by atomic mass is 9.98. The first kappa shape index (κ1) is 19.4. The quantitative estimate of drug-likeness (QED) is 0.741. The molecular weight excluding hydrogens is 310 g/mol. The van der Waals surface area contributed by atoms with Crippen molar-refractivity contribution in [1.82, 2.24) is 14.3 Å². The summed E-state index contributed by atoms with van der Waals surface area (Å²) in [6.45, 7) is 12.6. The predicted molar refractivity (Wildman–Crippen MR) is 94.5 cm³/mol. The van der Waals surface area contributed by atoms with Gasteiger partial charge >= 0.3 is 0 Å². The van der Waals surface area contributed by atoms with E-state index in [9.17, 15) is 8.42 Å². The molecule has 0 radical (unpaired) electrons. The number of sulfonamides is 1. The van der Waals surface area contributed by atoms with E-state index in [4.69, 9.17) is 0 Å². The molecule has 0 spiro atoms. The number of nitrogens with zero attached hydrogens (tertiary/aromatic N) is 2. The van der Waals surface area contributed by atoms with Gasteiger partial charge in [0.25, 0.3) is 10.0 Å². The second-order valence-corrected chi connectivity index (χ2v) is 8.03. The molecule has 0 saturated carbocycles. The van der Waals surface area contributed by atoms with Crippen molar-refractivity contribution in [2.45, 2.75) is 39.1 Å². The number of rotatable bonds is 8. The molecule has 0 aromatic carbocycles. The van der Waals surface area contributed by atoms with Gasteiger partial charge in [-0.25, -0.2) is 18.1 Å². The molecule has 1 heterocycles. The molecule has 0 aliphatic rings. The van der Waals surface area contributed by atoms with E-state index in [0.29, 0.717) is 11.5 Å². The highest BCUT2D eigenvalue weighted by Gasteiger charge is 2.16. The van der Waals surface area contributed by atoms with E-state index in [1.807, 2.05) is 12.2 Å². The van der Waals surface area contributed by atoms with Crippen LogP contribution in [-0.2, 0) is 17.1 Å². The third-order valence-electron chi connectivity index (χ3n) is 3.24. The second kappa shape index (κ2) is 8.26. The van der Waals surface area contributed by atoms with Crippen molar-refractivity contribution in [3.05, 3.63) is 48.0 Å². The first-order valence-corrected chi connectivity index (χ1v) is 9.10. The third-order valence-corrected chi connectivity index (χ3v) is 4.52. The molecule has 1 aromatic heterocycles. The molecule has 0 saturated heterocycles. The van der Waals surface area contributed by atoms with Crippen LogP contribution in [0.2, 0.25) is 0 Å². The fraction of sp³-hybridized carbons (Fsp3) is 0.471. The van der Waals surface area contributed by atoms with E-state index in [-0.39, 0.29) is 11.6 Å². The summed E-state index contributed by atoms with van der Waals surface area (Å²) < 4.78 is 28.3. The van der Waals surface area contributed by atoms with Crippen LogP contribution in [-0.4, -0.2) is 24.5 Å². The summed E-state index contributed by atoms with van der Waals surface area (Å²) >= 11 is 0. The van der Waals surface area contributed by atoms with Gasteiger partial charge in [-0.3, -0.25) is 0 Å². The minimum Gasteiger partial charge on any atom is -0.339 e. The minimum absolute atomic E-state index is 0.0153. The Bertz CT molecular complexity index is 706. The van der Waals surface area contributed by atoms with Crippen LogP contribution in [0, 0.1) is 5.92 Å². The lowest BCUT2D eigenvalue weighted by Crippen LogP contribution is -2.25. The van der Waals surface area contributed by atoms with E-state index < -0.39 is 10.0 Å².